The lowest BCUT2D eigenvalue weighted by Crippen LogP contribution is -2.36. The van der Waals surface area contributed by atoms with Gasteiger partial charge in [-0.2, -0.15) is 0 Å². The fraction of sp³-hybridized carbons (Fsp3) is 0.185. The number of nitrogens with zero attached hydrogens (tertiary/aromatic N) is 3. The normalized spacial score (nSPS) is 13.5. The minimum atomic E-state index is -0.0881. The predicted molar refractivity (Wildman–Crippen MR) is 132 cm³/mol. The van der Waals surface area contributed by atoms with Gasteiger partial charge in [-0.15, -0.1) is 11.3 Å². The molecule has 3 heterocycles. The maximum absolute atomic E-state index is 12.9. The Bertz CT molecular complexity index is 1290. The van der Waals surface area contributed by atoms with Gasteiger partial charge in [0.25, 0.3) is 5.91 Å². The van der Waals surface area contributed by atoms with Gasteiger partial charge in [0, 0.05) is 42.7 Å². The third-order valence-corrected chi connectivity index (χ3v) is 6.84. The number of hydrogen-bond donors (Lipinski definition) is 1. The quantitative estimate of drug-likeness (QED) is 0.418. The van der Waals surface area contributed by atoms with Crippen LogP contribution in [0.3, 0.4) is 0 Å². The first-order valence-electron chi connectivity index (χ1n) is 11.2. The van der Waals surface area contributed by atoms with E-state index >= 15 is 0 Å². The van der Waals surface area contributed by atoms with E-state index in [0.717, 1.165) is 33.1 Å². The molecule has 170 valence electrons. The zero-order valence-electron chi connectivity index (χ0n) is 18.6. The van der Waals surface area contributed by atoms with Gasteiger partial charge in [0.2, 0.25) is 5.91 Å². The second-order valence-corrected chi connectivity index (χ2v) is 9.15. The molecule has 0 saturated heterocycles. The monoisotopic (exact) mass is 468 g/mol. The molecule has 1 unspecified atom stereocenters. The third kappa shape index (κ3) is 4.89. The molecule has 2 amide bonds. The lowest BCUT2D eigenvalue weighted by Gasteiger charge is -2.24. The molecule has 1 aliphatic heterocycles. The number of carbonyl (C=O) groups excluding carboxylic acids is 2. The molecule has 1 atom stereocenters. The summed E-state index contributed by atoms with van der Waals surface area (Å²) < 4.78 is 0. The van der Waals surface area contributed by atoms with Crippen LogP contribution in [0.15, 0.2) is 84.4 Å². The lowest BCUT2D eigenvalue weighted by atomic mass is 9.98. The van der Waals surface area contributed by atoms with E-state index in [-0.39, 0.29) is 24.2 Å². The third-order valence-electron chi connectivity index (χ3n) is 5.93. The van der Waals surface area contributed by atoms with Crippen molar-refractivity contribution in [2.75, 3.05) is 13.1 Å². The second-order valence-electron chi connectivity index (χ2n) is 8.29. The van der Waals surface area contributed by atoms with Gasteiger partial charge >= 0.3 is 0 Å². The molecule has 0 bridgehead atoms. The van der Waals surface area contributed by atoms with Crippen molar-refractivity contribution in [1.29, 1.82) is 0 Å². The van der Waals surface area contributed by atoms with Gasteiger partial charge in [0.05, 0.1) is 17.8 Å². The summed E-state index contributed by atoms with van der Waals surface area (Å²) in [4.78, 5) is 36.4. The van der Waals surface area contributed by atoms with Crippen LogP contribution in [0, 0.1) is 0 Å². The van der Waals surface area contributed by atoms with Crippen LogP contribution >= 0.6 is 11.3 Å². The number of fused-ring (bicyclic) bond motifs is 1. The van der Waals surface area contributed by atoms with E-state index in [9.17, 15) is 9.59 Å². The van der Waals surface area contributed by atoms with E-state index in [0.29, 0.717) is 19.6 Å². The zero-order chi connectivity index (χ0) is 23.3. The summed E-state index contributed by atoms with van der Waals surface area (Å²) in [5, 5.41) is 5.77. The molecule has 0 radical (unpaired) electrons. The maximum Gasteiger partial charge on any atom is 0.254 e. The van der Waals surface area contributed by atoms with E-state index in [1.165, 1.54) is 11.3 Å². The smallest absolute Gasteiger partial charge is 0.254 e. The Balaban J connectivity index is 1.23. The van der Waals surface area contributed by atoms with Gasteiger partial charge < -0.3 is 10.2 Å². The Morgan fingerprint density at radius 3 is 2.62 bits per heavy atom. The Hall–Kier alpha value is -3.84. The van der Waals surface area contributed by atoms with Crippen LogP contribution in [0.5, 0.6) is 0 Å². The average molecular weight is 469 g/mol. The molecule has 34 heavy (non-hydrogen) atoms. The highest BCUT2D eigenvalue weighted by atomic mass is 32.1. The van der Waals surface area contributed by atoms with E-state index < -0.39 is 0 Å². The first-order valence-corrected chi connectivity index (χ1v) is 12.1. The topological polar surface area (TPSA) is 75.2 Å². The molecule has 7 heteroatoms. The largest absolute Gasteiger partial charge is 0.355 e. The Labute approximate surface area is 202 Å². The van der Waals surface area contributed by atoms with E-state index in [1.807, 2.05) is 83.1 Å². The highest BCUT2D eigenvalue weighted by Crippen LogP contribution is 2.26. The molecule has 2 aromatic heterocycles. The van der Waals surface area contributed by atoms with Gasteiger partial charge in [-0.3, -0.25) is 14.6 Å². The Kier molecular flexibility index (Phi) is 6.44. The molecule has 5 rings (SSSR count). The summed E-state index contributed by atoms with van der Waals surface area (Å²) in [5.74, 6) is -0.0508. The number of nitrogens with one attached hydrogen (secondary N) is 1. The highest BCUT2D eigenvalue weighted by Gasteiger charge is 2.29. The first-order chi connectivity index (χ1) is 16.7. The lowest BCUT2D eigenvalue weighted by molar-refractivity contribution is -0.120. The van der Waals surface area contributed by atoms with Crippen LogP contribution < -0.4 is 5.32 Å². The number of thiazole rings is 1. The second kappa shape index (κ2) is 9.97. The summed E-state index contributed by atoms with van der Waals surface area (Å²) in [6.45, 7) is 1.58. The summed E-state index contributed by atoms with van der Waals surface area (Å²) in [6, 6.07) is 23.5. The van der Waals surface area contributed by atoms with Crippen LogP contribution in [0.25, 0.3) is 10.7 Å². The zero-order valence-corrected chi connectivity index (χ0v) is 19.4. The van der Waals surface area contributed by atoms with Crippen molar-refractivity contribution in [3.8, 4) is 10.7 Å². The Morgan fingerprint density at radius 1 is 1.03 bits per heavy atom. The SMILES string of the molecule is O=C(Cc1csc(-c2ccccn2)n1)NCC(CN1Cc2ccccc2C1=O)c1ccccc1. The molecule has 1 N–H and O–H groups in total. The molecule has 1 aliphatic rings. The molecular weight excluding hydrogens is 444 g/mol. The predicted octanol–water partition coefficient (Wildman–Crippen LogP) is 4.30. The van der Waals surface area contributed by atoms with E-state index in [1.54, 1.807) is 6.20 Å². The fourth-order valence-electron chi connectivity index (χ4n) is 4.20. The molecule has 0 aliphatic carbocycles. The van der Waals surface area contributed by atoms with Crippen molar-refractivity contribution in [1.82, 2.24) is 20.2 Å². The molecule has 0 fully saturated rings. The van der Waals surface area contributed by atoms with Gasteiger partial charge in [-0.05, 0) is 29.3 Å². The summed E-state index contributed by atoms with van der Waals surface area (Å²) in [5.41, 5.74) is 4.45. The van der Waals surface area contributed by atoms with Crippen LogP contribution in [0.4, 0.5) is 0 Å². The first kappa shape index (κ1) is 22.0. The number of rotatable bonds is 8. The van der Waals surface area contributed by atoms with Crippen LogP contribution in [0.1, 0.15) is 33.1 Å². The van der Waals surface area contributed by atoms with Crippen molar-refractivity contribution in [3.05, 3.63) is 107 Å². The van der Waals surface area contributed by atoms with Crippen molar-refractivity contribution in [2.24, 2.45) is 0 Å². The van der Waals surface area contributed by atoms with Gasteiger partial charge in [0.1, 0.15) is 5.01 Å². The highest BCUT2D eigenvalue weighted by molar-refractivity contribution is 7.13. The maximum atomic E-state index is 12.9. The summed E-state index contributed by atoms with van der Waals surface area (Å²) in [6.07, 6.45) is 1.94. The minimum absolute atomic E-state index is 0.0112. The molecule has 0 saturated carbocycles. The van der Waals surface area contributed by atoms with Gasteiger partial charge in [-0.25, -0.2) is 4.98 Å². The van der Waals surface area contributed by atoms with Crippen molar-refractivity contribution in [2.45, 2.75) is 18.9 Å². The van der Waals surface area contributed by atoms with Gasteiger partial charge in [0.15, 0.2) is 0 Å². The number of pyridine rings is 1. The molecule has 2 aromatic carbocycles. The molecule has 6 nitrogen and oxygen atoms in total. The van der Waals surface area contributed by atoms with Crippen molar-refractivity contribution < 1.29 is 9.59 Å². The van der Waals surface area contributed by atoms with Gasteiger partial charge in [-0.1, -0.05) is 54.6 Å². The fourth-order valence-corrected chi connectivity index (χ4v) is 5.00. The number of benzene rings is 2. The van der Waals surface area contributed by atoms with Crippen LogP contribution in [-0.2, 0) is 17.8 Å². The summed E-state index contributed by atoms with van der Waals surface area (Å²) in [7, 11) is 0. The average Bonchev–Trinajstić information content (AvgIpc) is 3.47. The van der Waals surface area contributed by atoms with E-state index in [4.69, 9.17) is 0 Å². The van der Waals surface area contributed by atoms with Crippen LogP contribution in [0.2, 0.25) is 0 Å². The number of aromatic nitrogens is 2. The number of carbonyl (C=O) groups is 2. The molecule has 0 spiro atoms. The van der Waals surface area contributed by atoms with Crippen molar-refractivity contribution in [3.63, 3.8) is 0 Å². The van der Waals surface area contributed by atoms with Crippen molar-refractivity contribution >= 4 is 23.2 Å². The standard InChI is InChI=1S/C27H24N4O2S/c32-25(14-22-18-34-26(30-22)24-12-6-7-13-28-24)29-15-21(19-8-2-1-3-9-19)17-31-16-20-10-4-5-11-23(20)27(31)33/h1-13,18,21H,14-17H2,(H,29,32). The minimum Gasteiger partial charge on any atom is -0.355 e. The number of amides is 2. The van der Waals surface area contributed by atoms with E-state index in [2.05, 4.69) is 15.3 Å². The number of hydrogen-bond acceptors (Lipinski definition) is 5. The molecule has 4 aromatic rings. The Morgan fingerprint density at radius 2 is 1.82 bits per heavy atom. The van der Waals surface area contributed by atoms with Crippen LogP contribution in [-0.4, -0.2) is 39.8 Å². The summed E-state index contributed by atoms with van der Waals surface area (Å²) >= 11 is 1.48. The molecular formula is C27H24N4O2S.